The first-order chi connectivity index (χ1) is 53.5. The van der Waals surface area contributed by atoms with E-state index in [4.69, 9.17) is 36.1 Å². The van der Waals surface area contributed by atoms with Crippen LogP contribution >= 0.6 is 0 Å². The molecular formula is C78H120N14O22. The van der Waals surface area contributed by atoms with E-state index in [-0.39, 0.29) is 89.1 Å². The van der Waals surface area contributed by atoms with Gasteiger partial charge in [0, 0.05) is 65.3 Å². The molecule has 4 fully saturated rings. The van der Waals surface area contributed by atoms with Crippen LogP contribution in [0, 0.1) is 35.5 Å². The molecule has 634 valence electrons. The molecule has 0 spiro atoms. The number of cyclic esters (lactones) is 2. The van der Waals surface area contributed by atoms with Gasteiger partial charge in [-0.25, -0.2) is 9.59 Å². The predicted molar refractivity (Wildman–Crippen MR) is 409 cm³/mol. The lowest BCUT2D eigenvalue weighted by molar-refractivity contribution is -0.163. The molecule has 114 heavy (non-hydrogen) atoms. The molecule has 1 aromatic carbocycles. The van der Waals surface area contributed by atoms with Gasteiger partial charge in [-0.3, -0.25) is 76.7 Å². The van der Waals surface area contributed by atoms with Gasteiger partial charge in [-0.15, -0.1) is 0 Å². The van der Waals surface area contributed by atoms with E-state index in [1.54, 1.807) is 58.9 Å². The van der Waals surface area contributed by atoms with Gasteiger partial charge in [-0.2, -0.15) is 0 Å². The van der Waals surface area contributed by atoms with Crippen LogP contribution in [-0.4, -0.2) is 245 Å². The number of amides is 14. The molecule has 0 aromatic heterocycles. The summed E-state index contributed by atoms with van der Waals surface area (Å²) in [5.74, 6) is -19.0. The van der Waals surface area contributed by atoms with Gasteiger partial charge in [0.25, 0.3) is 5.91 Å². The molecule has 0 radical (unpaired) electrons. The summed E-state index contributed by atoms with van der Waals surface area (Å²) in [7, 11) is 4.15. The molecular weight excluding hydrogens is 1480 g/mol. The van der Waals surface area contributed by atoms with Gasteiger partial charge in [0.1, 0.15) is 72.3 Å². The Morgan fingerprint density at radius 2 is 1.26 bits per heavy atom. The summed E-state index contributed by atoms with van der Waals surface area (Å²) in [5.41, 5.74) is 16.8. The van der Waals surface area contributed by atoms with E-state index in [1.165, 1.54) is 46.9 Å². The maximum absolute atomic E-state index is 15.5. The molecule has 4 saturated heterocycles. The number of hydrogen-bond donors (Lipinski definition) is 10. The van der Waals surface area contributed by atoms with Gasteiger partial charge in [0.2, 0.25) is 76.8 Å². The van der Waals surface area contributed by atoms with E-state index >= 15 is 24.0 Å². The number of fused-ring (bicyclic) bond motifs is 1. The Labute approximate surface area is 665 Å². The Bertz CT molecular complexity index is 3670. The molecule has 0 saturated carbocycles. The number of ketones is 1. The second kappa shape index (κ2) is 43.8. The number of benzene rings is 1. The highest BCUT2D eigenvalue weighted by Gasteiger charge is 2.47. The quantitative estimate of drug-likeness (QED) is 0.0251. The minimum Gasteiger partial charge on any atom is -0.497 e. The number of rotatable bonds is 32. The van der Waals surface area contributed by atoms with Crippen LogP contribution in [0.4, 0.5) is 0 Å². The van der Waals surface area contributed by atoms with Crippen molar-refractivity contribution in [2.75, 3.05) is 34.3 Å². The zero-order chi connectivity index (χ0) is 85.4. The van der Waals surface area contributed by atoms with Gasteiger partial charge in [0.15, 0.2) is 18.0 Å². The third kappa shape index (κ3) is 26.9. The van der Waals surface area contributed by atoms with Crippen LogP contribution < -0.4 is 59.2 Å². The smallest absolute Gasteiger partial charge is 0.329 e. The van der Waals surface area contributed by atoms with E-state index in [2.05, 4.69) is 37.2 Å². The van der Waals surface area contributed by atoms with Crippen LogP contribution in [0.15, 0.2) is 24.3 Å². The van der Waals surface area contributed by atoms with Gasteiger partial charge >= 0.3 is 17.9 Å². The van der Waals surface area contributed by atoms with Crippen LogP contribution in [0.5, 0.6) is 5.75 Å². The molecule has 4 aliphatic heterocycles. The number of esters is 3. The molecule has 36 nitrogen and oxygen atoms in total. The number of Topliss-reactive ketones (excluding diaryl/α,β-unsaturated/α-hetero) is 1. The number of nitrogens with zero attached hydrogens (tertiary/aromatic N) is 4. The molecule has 4 heterocycles. The third-order valence-electron chi connectivity index (χ3n) is 21.3. The van der Waals surface area contributed by atoms with E-state index < -0.39 is 247 Å². The zero-order valence-corrected chi connectivity index (χ0v) is 68.3. The SMILES string of the molecule is CC[C@H](C)[C@H]1NC(=O)[C@@H](NC(=O)[C@@H](CC(C)C)N(C)C(=O)C2CCCN2C(=O)C(C)OC(=O)C(CCC(N)=O)NC(=O)C(CCC(N)=O)NC(=O)C(CCC(N)=O)NC(=O)C2CCC(=O)N2)[C@@H](C)OC(=O)[C@H](Cc2ccc(OC)cc2)N(C)C(=O)C2CCCN2C(=O)[C@H](CC(C)C)NC(=O)[C@@H](C)C(=O)[C@H](C(C)C)OC(=O)C[C@@H]1C. The van der Waals surface area contributed by atoms with Crippen molar-refractivity contribution in [1.82, 2.24) is 56.8 Å². The first-order valence-corrected chi connectivity index (χ1v) is 39.4. The normalized spacial score (nSPS) is 24.6. The number of nitrogens with one attached hydrogen (secondary N) is 7. The summed E-state index contributed by atoms with van der Waals surface area (Å²) in [4.78, 5) is 257. The molecule has 1 aromatic rings. The fraction of sp³-hybridized carbons (Fsp3) is 0.692. The number of hydrogen-bond acceptors (Lipinski definition) is 22. The van der Waals surface area contributed by atoms with Crippen LogP contribution in [0.25, 0.3) is 0 Å². The van der Waals surface area contributed by atoms with E-state index in [9.17, 15) is 62.3 Å². The highest BCUT2D eigenvalue weighted by molar-refractivity contribution is 6.05. The molecule has 7 unspecified atom stereocenters. The highest BCUT2D eigenvalue weighted by atomic mass is 16.6. The number of likely N-dealkylation sites (tertiary alicyclic amines) is 1. The molecule has 5 rings (SSSR count). The summed E-state index contributed by atoms with van der Waals surface area (Å²) in [6.45, 7) is 19.7. The maximum atomic E-state index is 15.5. The lowest BCUT2D eigenvalue weighted by Gasteiger charge is -2.37. The fourth-order valence-corrected chi connectivity index (χ4v) is 14.4. The summed E-state index contributed by atoms with van der Waals surface area (Å²) in [6.07, 6.45) is -6.92. The lowest BCUT2D eigenvalue weighted by Crippen LogP contribution is -2.62. The Balaban J connectivity index is 1.50. The number of methoxy groups -OCH3 is 1. The molecule has 0 bridgehead atoms. The minimum absolute atomic E-state index is 0.0202. The Morgan fingerprint density at radius 3 is 1.81 bits per heavy atom. The summed E-state index contributed by atoms with van der Waals surface area (Å²) < 4.78 is 23.2. The third-order valence-corrected chi connectivity index (χ3v) is 21.3. The van der Waals surface area contributed by atoms with Crippen molar-refractivity contribution in [1.29, 1.82) is 0 Å². The molecule has 13 N–H and O–H groups in total. The number of carbonyl (C=O) groups excluding carboxylic acids is 18. The van der Waals surface area contributed by atoms with Crippen molar-refractivity contribution >= 4 is 106 Å². The Hall–Kier alpha value is -10.3. The van der Waals surface area contributed by atoms with Gasteiger partial charge in [0.05, 0.1) is 19.4 Å². The highest BCUT2D eigenvalue weighted by Crippen LogP contribution is 2.29. The van der Waals surface area contributed by atoms with Crippen LogP contribution in [0.3, 0.4) is 0 Å². The van der Waals surface area contributed by atoms with Crippen molar-refractivity contribution in [3.05, 3.63) is 29.8 Å². The average Bonchev–Trinajstić information content (AvgIpc) is 1.46. The molecule has 17 atom stereocenters. The number of nitrogens with two attached hydrogens (primary N) is 3. The molecule has 36 heteroatoms. The lowest BCUT2D eigenvalue weighted by atomic mass is 9.86. The van der Waals surface area contributed by atoms with Crippen molar-refractivity contribution < 1.29 is 105 Å². The van der Waals surface area contributed by atoms with Crippen LogP contribution in [-0.2, 0) is 107 Å². The number of primary amides is 3. The summed E-state index contributed by atoms with van der Waals surface area (Å²) >= 11 is 0. The second-order valence-electron chi connectivity index (χ2n) is 31.6. The van der Waals surface area contributed by atoms with Crippen molar-refractivity contribution in [3.63, 3.8) is 0 Å². The summed E-state index contributed by atoms with van der Waals surface area (Å²) in [5, 5.41) is 18.2. The van der Waals surface area contributed by atoms with Crippen molar-refractivity contribution in [2.24, 2.45) is 52.7 Å². The van der Waals surface area contributed by atoms with E-state index in [1.807, 2.05) is 27.7 Å². The standard InChI is InChI=1S/C78H120N14O22/c1-16-42(8)63-43(9)37-62(97)114-66(41(6)7)65(98)44(10)67(99)86-53(35-39(2)3)74(106)92-34-18-20-55(92)76(108)90(14)57(38-47-21-23-48(111-15)24-22-47)78(110)112-45(11)64(72(104)87-63)88-71(103)56(36-40(4)5)89(13)75(107)54-19-17-33-91(54)73(105)46(12)113-77(109)52(27-31-60(81)95)85-70(102)51(26-30-59(80)94)84-69(101)50(25-29-58(79)93)83-68(100)49-28-32-61(96)82-49/h21-24,39-46,49-57,63-64,66H,16-20,25-38H2,1-15H3,(H2,79,93)(H2,80,94)(H2,81,95)(H,82,96)(H,83,100)(H,84,101)(H,85,102)(H,86,99)(H,87,104)(H,88,103)/t42-,43-,44-,45+,46?,49?,50?,51?,52?,53-,54?,55?,56+,57-,63+,64-,66-/m0/s1. The van der Waals surface area contributed by atoms with Crippen molar-refractivity contribution in [3.8, 4) is 5.75 Å². The largest absolute Gasteiger partial charge is 0.497 e. The first kappa shape index (κ1) is 94.3. The number of carbonyl (C=O) groups is 18. The topological polar surface area (TPSA) is 519 Å². The molecule has 4 aliphatic rings. The maximum Gasteiger partial charge on any atom is 0.329 e. The van der Waals surface area contributed by atoms with Crippen LogP contribution in [0.1, 0.15) is 191 Å². The first-order valence-electron chi connectivity index (χ1n) is 39.4. The predicted octanol–water partition coefficient (Wildman–Crippen LogP) is -0.328. The second-order valence-corrected chi connectivity index (χ2v) is 31.6. The molecule has 14 amide bonds. The van der Waals surface area contributed by atoms with Gasteiger partial charge < -0.3 is 93.0 Å². The van der Waals surface area contributed by atoms with Crippen LogP contribution in [0.2, 0.25) is 0 Å². The number of likely N-dealkylation sites (N-methyl/N-ethyl adjacent to an activating group) is 2. The van der Waals surface area contributed by atoms with Gasteiger partial charge in [-0.1, -0.05) is 80.9 Å². The minimum atomic E-state index is -1.82. The van der Waals surface area contributed by atoms with Gasteiger partial charge in [-0.05, 0) is 132 Å². The van der Waals surface area contributed by atoms with E-state index in [0.717, 1.165) is 14.7 Å². The number of ether oxygens (including phenoxy) is 4. The Morgan fingerprint density at radius 1 is 0.684 bits per heavy atom. The zero-order valence-electron chi connectivity index (χ0n) is 68.3. The average molecular weight is 1610 g/mol. The summed E-state index contributed by atoms with van der Waals surface area (Å²) in [6, 6.07) is -8.75. The van der Waals surface area contributed by atoms with E-state index in [0.29, 0.717) is 24.2 Å². The Kier molecular flexibility index (Phi) is 36.2. The molecule has 0 aliphatic carbocycles. The monoisotopic (exact) mass is 1600 g/mol. The van der Waals surface area contributed by atoms with Crippen molar-refractivity contribution in [2.45, 2.75) is 277 Å². The fourth-order valence-electron chi connectivity index (χ4n) is 14.4.